The molecule has 10 heteroatoms. The predicted octanol–water partition coefficient (Wildman–Crippen LogP) is 5.02. The van der Waals surface area contributed by atoms with Crippen molar-refractivity contribution in [3.63, 3.8) is 0 Å². The van der Waals surface area contributed by atoms with Crippen LogP contribution in [-0.4, -0.2) is 48.2 Å². The Morgan fingerprint density at radius 3 is 2.76 bits per heavy atom. The third-order valence-corrected chi connectivity index (χ3v) is 7.96. The van der Waals surface area contributed by atoms with Crippen LogP contribution in [0, 0.1) is 5.41 Å². The van der Waals surface area contributed by atoms with Gasteiger partial charge < -0.3 is 15.5 Å². The lowest BCUT2D eigenvalue weighted by Gasteiger charge is -2.25. The molecule has 1 saturated heterocycles. The van der Waals surface area contributed by atoms with Crippen molar-refractivity contribution in [2.75, 3.05) is 30.4 Å². The van der Waals surface area contributed by atoms with Gasteiger partial charge in [0.25, 0.3) is 5.91 Å². The average Bonchev–Trinajstić information content (AvgIpc) is 3.51. The number of aromatic nitrogens is 2. The van der Waals surface area contributed by atoms with Gasteiger partial charge in [0, 0.05) is 42.3 Å². The zero-order chi connectivity index (χ0) is 23.9. The summed E-state index contributed by atoms with van der Waals surface area (Å²) in [7, 11) is 1.61. The number of benzene rings is 1. The highest BCUT2D eigenvalue weighted by Gasteiger charge is 2.44. The minimum absolute atomic E-state index is 0.104. The van der Waals surface area contributed by atoms with Crippen LogP contribution in [0.25, 0.3) is 10.2 Å². The highest BCUT2D eigenvalue weighted by molar-refractivity contribution is 7.18. The van der Waals surface area contributed by atoms with Crippen molar-refractivity contribution in [1.82, 2.24) is 15.3 Å². The molecule has 2 atom stereocenters. The predicted molar refractivity (Wildman–Crippen MR) is 128 cm³/mol. The van der Waals surface area contributed by atoms with Crippen LogP contribution < -0.4 is 15.5 Å². The van der Waals surface area contributed by atoms with E-state index in [1.807, 2.05) is 24.3 Å². The summed E-state index contributed by atoms with van der Waals surface area (Å²) in [6, 6.07) is 9.45. The second kappa shape index (κ2) is 8.72. The molecular weight excluding hydrogens is 463 g/mol. The molecule has 1 spiro atoms. The second-order valence-electron chi connectivity index (χ2n) is 9.33. The van der Waals surface area contributed by atoms with Crippen molar-refractivity contribution in [2.24, 2.45) is 5.41 Å². The third-order valence-electron chi connectivity index (χ3n) is 6.92. The van der Waals surface area contributed by atoms with Gasteiger partial charge in [-0.1, -0.05) is 0 Å². The summed E-state index contributed by atoms with van der Waals surface area (Å²) in [5, 5.41) is 6.94. The number of carbonyl (C=O) groups excluding carboxylic acids is 1. The lowest BCUT2D eigenvalue weighted by atomic mass is 9.85. The average molecular weight is 490 g/mol. The van der Waals surface area contributed by atoms with Gasteiger partial charge >= 0.3 is 6.18 Å². The molecule has 2 aliphatic rings. The fraction of sp³-hybridized carbons (Fsp3) is 0.458. The summed E-state index contributed by atoms with van der Waals surface area (Å²) in [5.41, 5.74) is 1.80. The van der Waals surface area contributed by atoms with Crippen LogP contribution in [-0.2, 0) is 6.42 Å². The second-order valence-corrected chi connectivity index (χ2v) is 10.4. The normalized spacial score (nSPS) is 22.6. The van der Waals surface area contributed by atoms with Crippen LogP contribution in [0.3, 0.4) is 0 Å². The Bertz CT molecular complexity index is 1200. The summed E-state index contributed by atoms with van der Waals surface area (Å²) in [5.74, 6) is 0.639. The Morgan fingerprint density at radius 1 is 1.24 bits per heavy atom. The zero-order valence-electron chi connectivity index (χ0n) is 18.8. The number of hydrogen-bond acceptors (Lipinski definition) is 6. The van der Waals surface area contributed by atoms with Crippen LogP contribution in [0.1, 0.15) is 40.9 Å². The maximum atomic E-state index is 12.9. The van der Waals surface area contributed by atoms with Gasteiger partial charge in [-0.15, -0.1) is 11.3 Å². The Balaban J connectivity index is 1.26. The van der Waals surface area contributed by atoms with Gasteiger partial charge in [-0.05, 0) is 61.4 Å². The van der Waals surface area contributed by atoms with Gasteiger partial charge in [0.05, 0.1) is 11.8 Å². The van der Waals surface area contributed by atoms with Crippen LogP contribution in [0.5, 0.6) is 0 Å². The number of rotatable bonds is 5. The van der Waals surface area contributed by atoms with Crippen LogP contribution in [0.4, 0.5) is 24.7 Å². The molecule has 2 aromatic heterocycles. The van der Waals surface area contributed by atoms with Crippen molar-refractivity contribution >= 4 is 39.0 Å². The molecule has 180 valence electrons. The first kappa shape index (κ1) is 22.9. The number of hydrogen-bond donors (Lipinski definition) is 2. The van der Waals surface area contributed by atoms with Gasteiger partial charge in [-0.3, -0.25) is 4.79 Å². The SMILES string of the molecule is CNC(=O)c1ccc(N[C@@H]2CC[C@]3(CCN(c4ncnc5sc(CC(F)(F)F)cc45)C3)C2)cc1. The number of nitrogens with one attached hydrogen (secondary N) is 2. The van der Waals surface area contributed by atoms with Crippen LogP contribution in [0.2, 0.25) is 0 Å². The topological polar surface area (TPSA) is 70.2 Å². The Morgan fingerprint density at radius 2 is 2.03 bits per heavy atom. The maximum absolute atomic E-state index is 12.9. The number of carbonyl (C=O) groups is 1. The minimum atomic E-state index is -4.24. The number of nitrogens with zero attached hydrogens (tertiary/aromatic N) is 3. The molecule has 1 aliphatic heterocycles. The van der Waals surface area contributed by atoms with Gasteiger partial charge in [-0.25, -0.2) is 9.97 Å². The van der Waals surface area contributed by atoms with Gasteiger partial charge in [-0.2, -0.15) is 13.2 Å². The van der Waals surface area contributed by atoms with E-state index in [0.29, 0.717) is 21.8 Å². The number of amides is 1. The van der Waals surface area contributed by atoms with Crippen molar-refractivity contribution < 1.29 is 18.0 Å². The highest BCUT2D eigenvalue weighted by atomic mass is 32.1. The van der Waals surface area contributed by atoms with Crippen molar-refractivity contribution in [1.29, 1.82) is 0 Å². The molecule has 1 saturated carbocycles. The molecule has 34 heavy (non-hydrogen) atoms. The molecule has 3 heterocycles. The fourth-order valence-corrected chi connectivity index (χ4v) is 6.37. The van der Waals surface area contributed by atoms with Crippen LogP contribution >= 0.6 is 11.3 Å². The number of halogens is 3. The summed E-state index contributed by atoms with van der Waals surface area (Å²) in [6.45, 7) is 1.68. The van der Waals surface area contributed by atoms with E-state index in [1.54, 1.807) is 13.1 Å². The van der Waals surface area contributed by atoms with E-state index >= 15 is 0 Å². The van der Waals surface area contributed by atoms with E-state index in [9.17, 15) is 18.0 Å². The third kappa shape index (κ3) is 4.68. The molecule has 5 rings (SSSR count). The van der Waals surface area contributed by atoms with E-state index in [4.69, 9.17) is 0 Å². The monoisotopic (exact) mass is 489 g/mol. The van der Waals surface area contributed by atoms with E-state index in [2.05, 4.69) is 25.5 Å². The molecular formula is C24H26F3N5OS. The molecule has 0 bridgehead atoms. The van der Waals surface area contributed by atoms with E-state index in [-0.39, 0.29) is 16.2 Å². The smallest absolute Gasteiger partial charge is 0.382 e. The molecule has 0 unspecified atom stereocenters. The van der Waals surface area contributed by atoms with Gasteiger partial charge in [0.15, 0.2) is 0 Å². The lowest BCUT2D eigenvalue weighted by Crippen LogP contribution is -2.27. The first-order valence-corrected chi connectivity index (χ1v) is 12.2. The zero-order valence-corrected chi connectivity index (χ0v) is 19.6. The molecule has 0 radical (unpaired) electrons. The number of fused-ring (bicyclic) bond motifs is 1. The van der Waals surface area contributed by atoms with E-state index < -0.39 is 12.6 Å². The molecule has 1 amide bonds. The van der Waals surface area contributed by atoms with E-state index in [0.717, 1.165) is 61.6 Å². The molecule has 1 aliphatic carbocycles. The summed E-state index contributed by atoms with van der Waals surface area (Å²) >= 11 is 1.09. The van der Waals surface area contributed by atoms with Crippen molar-refractivity contribution in [2.45, 2.75) is 44.3 Å². The highest BCUT2D eigenvalue weighted by Crippen LogP contribution is 2.48. The van der Waals surface area contributed by atoms with E-state index in [1.165, 1.54) is 6.33 Å². The maximum Gasteiger partial charge on any atom is 0.393 e. The first-order chi connectivity index (χ1) is 16.2. The summed E-state index contributed by atoms with van der Waals surface area (Å²) < 4.78 is 38.6. The van der Waals surface area contributed by atoms with Crippen molar-refractivity contribution in [3.8, 4) is 0 Å². The quantitative estimate of drug-likeness (QED) is 0.527. The number of anilines is 2. The molecule has 2 fully saturated rings. The van der Waals surface area contributed by atoms with Gasteiger partial charge in [0.1, 0.15) is 17.0 Å². The molecule has 3 aromatic rings. The molecule has 2 N–H and O–H groups in total. The molecule has 1 aromatic carbocycles. The summed E-state index contributed by atoms with van der Waals surface area (Å²) in [6.07, 6.45) is 0.490. The fourth-order valence-electron chi connectivity index (χ4n) is 5.34. The molecule has 6 nitrogen and oxygen atoms in total. The standard InChI is InChI=1S/C24H26F3N5OS/c1-28-21(33)15-2-4-16(5-3-15)31-17-6-7-23(11-17)8-9-32(13-23)20-19-10-18(12-24(25,26)27)34-22(19)30-14-29-20/h2-5,10,14,17,31H,6-9,11-13H2,1H3,(H,28,33)/t17-,23+/m1/s1. The lowest BCUT2D eigenvalue weighted by molar-refractivity contribution is -0.126. The van der Waals surface area contributed by atoms with Gasteiger partial charge in [0.2, 0.25) is 0 Å². The first-order valence-electron chi connectivity index (χ1n) is 11.4. The number of thiophene rings is 1. The van der Waals surface area contributed by atoms with Crippen molar-refractivity contribution in [3.05, 3.63) is 47.1 Å². The Kier molecular flexibility index (Phi) is 5.87. The van der Waals surface area contributed by atoms with Crippen LogP contribution in [0.15, 0.2) is 36.7 Å². The minimum Gasteiger partial charge on any atom is -0.382 e. The largest absolute Gasteiger partial charge is 0.393 e. The summed E-state index contributed by atoms with van der Waals surface area (Å²) in [4.78, 5) is 23.5. The Hall–Kier alpha value is -2.88. The Labute approximate surface area is 199 Å². The number of alkyl halides is 3.